The quantitative estimate of drug-likeness (QED) is 0.562. The Morgan fingerprint density at radius 1 is 1.09 bits per heavy atom. The minimum absolute atomic E-state index is 0.0496. The lowest BCUT2D eigenvalue weighted by Crippen LogP contribution is -2.24. The summed E-state index contributed by atoms with van der Waals surface area (Å²) in [6, 6.07) is 15.0. The van der Waals surface area contributed by atoms with Crippen LogP contribution in [0.5, 0.6) is 0 Å². The number of carbonyl (C=O) groups excluding carboxylic acids is 1. The first-order valence-electron chi connectivity index (χ1n) is 7.72. The largest absolute Gasteiger partial charge is 0.395 e. The van der Waals surface area contributed by atoms with Crippen molar-refractivity contribution in [3.63, 3.8) is 0 Å². The van der Waals surface area contributed by atoms with Crippen LogP contribution in [0.4, 0.5) is 0 Å². The van der Waals surface area contributed by atoms with Crippen LogP contribution in [0.25, 0.3) is 17.2 Å². The van der Waals surface area contributed by atoms with Crippen LogP contribution in [0.2, 0.25) is 0 Å². The molecule has 2 aromatic carbocycles. The van der Waals surface area contributed by atoms with E-state index in [1.54, 1.807) is 6.08 Å². The first kappa shape index (κ1) is 15.3. The van der Waals surface area contributed by atoms with E-state index in [0.717, 1.165) is 12.0 Å². The topological polar surface area (TPSA) is 49.3 Å². The predicted octanol–water partition coefficient (Wildman–Crippen LogP) is 2.94. The minimum atomic E-state index is -0.202. The number of aliphatic hydroxyl groups is 1. The van der Waals surface area contributed by atoms with Crippen molar-refractivity contribution in [2.45, 2.75) is 6.42 Å². The molecular weight excluding hydrogens is 286 g/mol. The van der Waals surface area contributed by atoms with Crippen LogP contribution < -0.4 is 5.32 Å². The van der Waals surface area contributed by atoms with Gasteiger partial charge in [-0.1, -0.05) is 54.6 Å². The molecule has 0 atom stereocenters. The van der Waals surface area contributed by atoms with Crippen LogP contribution in [-0.4, -0.2) is 24.2 Å². The van der Waals surface area contributed by atoms with Gasteiger partial charge in [-0.05, 0) is 40.3 Å². The molecule has 1 amide bonds. The van der Waals surface area contributed by atoms with Gasteiger partial charge in [0.15, 0.2) is 0 Å². The van der Waals surface area contributed by atoms with Crippen molar-refractivity contribution in [2.75, 3.05) is 13.2 Å². The molecule has 0 aromatic heterocycles. The summed E-state index contributed by atoms with van der Waals surface area (Å²) in [6.45, 7) is 0.225. The second kappa shape index (κ2) is 7.07. The predicted molar refractivity (Wildman–Crippen MR) is 93.0 cm³/mol. The third kappa shape index (κ3) is 3.58. The number of hydrogen-bond acceptors (Lipinski definition) is 2. The molecule has 0 radical (unpaired) electrons. The lowest BCUT2D eigenvalue weighted by molar-refractivity contribution is -0.116. The van der Waals surface area contributed by atoms with Gasteiger partial charge in [0.25, 0.3) is 0 Å². The summed E-state index contributed by atoms with van der Waals surface area (Å²) in [5.74, 6) is -0.202. The number of hydrogen-bond donors (Lipinski definition) is 2. The Kier molecular flexibility index (Phi) is 4.69. The average molecular weight is 305 g/mol. The Bertz CT molecular complexity index is 775. The molecule has 3 nitrogen and oxygen atoms in total. The maximum absolute atomic E-state index is 11.4. The summed E-state index contributed by atoms with van der Waals surface area (Å²) < 4.78 is 0. The highest BCUT2D eigenvalue weighted by Gasteiger charge is 2.17. The molecule has 1 aliphatic carbocycles. The normalized spacial score (nSPS) is 12.6. The van der Waals surface area contributed by atoms with E-state index >= 15 is 0 Å². The molecule has 0 aliphatic heterocycles. The van der Waals surface area contributed by atoms with Crippen molar-refractivity contribution in [3.8, 4) is 11.1 Å². The molecule has 23 heavy (non-hydrogen) atoms. The van der Waals surface area contributed by atoms with Crippen LogP contribution in [0.3, 0.4) is 0 Å². The Morgan fingerprint density at radius 2 is 1.91 bits per heavy atom. The van der Waals surface area contributed by atoms with E-state index in [9.17, 15) is 4.79 Å². The molecule has 0 spiro atoms. The molecule has 2 N–H and O–H groups in total. The highest BCUT2D eigenvalue weighted by Crippen LogP contribution is 2.36. The van der Waals surface area contributed by atoms with Gasteiger partial charge < -0.3 is 10.4 Å². The van der Waals surface area contributed by atoms with Gasteiger partial charge in [0, 0.05) is 12.6 Å². The summed E-state index contributed by atoms with van der Waals surface area (Å²) in [7, 11) is 0. The molecule has 0 heterocycles. The lowest BCUT2D eigenvalue weighted by atomic mass is 10.0. The number of fused-ring (bicyclic) bond motifs is 3. The zero-order chi connectivity index (χ0) is 16.1. The maximum atomic E-state index is 11.4. The fraction of sp³-hybridized carbons (Fsp3) is 0.150. The molecule has 0 bridgehead atoms. The van der Waals surface area contributed by atoms with Gasteiger partial charge in [-0.2, -0.15) is 0 Å². The SMILES string of the molecule is O=C(/C=C/C=C/c1ccc2c(c1)-c1ccccc1C2)NCCO. The first-order valence-corrected chi connectivity index (χ1v) is 7.72. The van der Waals surface area contributed by atoms with E-state index in [1.807, 2.05) is 12.2 Å². The number of carbonyl (C=O) groups is 1. The van der Waals surface area contributed by atoms with E-state index in [-0.39, 0.29) is 19.1 Å². The zero-order valence-corrected chi connectivity index (χ0v) is 12.8. The van der Waals surface area contributed by atoms with E-state index < -0.39 is 0 Å². The highest BCUT2D eigenvalue weighted by molar-refractivity contribution is 5.88. The summed E-state index contributed by atoms with van der Waals surface area (Å²) in [6.07, 6.45) is 7.99. The van der Waals surface area contributed by atoms with Gasteiger partial charge in [-0.25, -0.2) is 0 Å². The Labute approximate surface area is 136 Å². The first-order chi connectivity index (χ1) is 11.3. The molecule has 0 saturated carbocycles. The monoisotopic (exact) mass is 305 g/mol. The van der Waals surface area contributed by atoms with Gasteiger partial charge in [-0.3, -0.25) is 4.79 Å². The summed E-state index contributed by atoms with van der Waals surface area (Å²) in [4.78, 5) is 11.4. The molecule has 3 rings (SSSR count). The van der Waals surface area contributed by atoms with Crippen molar-refractivity contribution in [3.05, 3.63) is 77.4 Å². The molecule has 3 heteroatoms. The maximum Gasteiger partial charge on any atom is 0.244 e. The van der Waals surface area contributed by atoms with Gasteiger partial charge in [0.1, 0.15) is 0 Å². The molecule has 0 fully saturated rings. The molecule has 1 aliphatic rings. The van der Waals surface area contributed by atoms with Crippen LogP contribution >= 0.6 is 0 Å². The molecule has 0 unspecified atom stereocenters. The summed E-state index contributed by atoms with van der Waals surface area (Å²) in [5.41, 5.74) is 6.47. The van der Waals surface area contributed by atoms with Crippen molar-refractivity contribution in [1.82, 2.24) is 5.32 Å². The van der Waals surface area contributed by atoms with Gasteiger partial charge in [-0.15, -0.1) is 0 Å². The zero-order valence-electron chi connectivity index (χ0n) is 12.8. The summed E-state index contributed by atoms with van der Waals surface area (Å²) >= 11 is 0. The van der Waals surface area contributed by atoms with E-state index in [2.05, 4.69) is 47.8 Å². The van der Waals surface area contributed by atoms with Crippen LogP contribution in [0.1, 0.15) is 16.7 Å². The Morgan fingerprint density at radius 3 is 2.78 bits per heavy atom. The van der Waals surface area contributed by atoms with E-state index in [0.29, 0.717) is 0 Å². The van der Waals surface area contributed by atoms with Gasteiger partial charge >= 0.3 is 0 Å². The number of rotatable bonds is 5. The van der Waals surface area contributed by atoms with Crippen molar-refractivity contribution in [2.24, 2.45) is 0 Å². The molecule has 2 aromatic rings. The van der Waals surface area contributed by atoms with Gasteiger partial charge in [0.2, 0.25) is 5.91 Å². The minimum Gasteiger partial charge on any atom is -0.395 e. The van der Waals surface area contributed by atoms with E-state index in [4.69, 9.17) is 5.11 Å². The summed E-state index contributed by atoms with van der Waals surface area (Å²) in [5, 5.41) is 11.2. The molecular formula is C20H19NO2. The highest BCUT2D eigenvalue weighted by atomic mass is 16.3. The number of allylic oxidation sites excluding steroid dienone is 2. The van der Waals surface area contributed by atoms with Crippen LogP contribution in [-0.2, 0) is 11.2 Å². The second-order valence-corrected chi connectivity index (χ2v) is 5.48. The number of nitrogens with one attached hydrogen (secondary N) is 1. The van der Waals surface area contributed by atoms with Gasteiger partial charge in [0.05, 0.1) is 6.61 Å². The van der Waals surface area contributed by atoms with Crippen LogP contribution in [0, 0.1) is 0 Å². The lowest BCUT2D eigenvalue weighted by Gasteiger charge is -2.02. The number of amides is 1. The fourth-order valence-corrected chi connectivity index (χ4v) is 2.79. The second-order valence-electron chi connectivity index (χ2n) is 5.48. The average Bonchev–Trinajstić information content (AvgIpc) is 2.95. The number of aliphatic hydroxyl groups excluding tert-OH is 1. The van der Waals surface area contributed by atoms with Crippen molar-refractivity contribution >= 4 is 12.0 Å². The Balaban J connectivity index is 1.71. The standard InChI is InChI=1S/C20H19NO2/c22-12-11-21-20(23)8-4-1-5-15-9-10-17-14-16-6-2-3-7-18(16)19(17)13-15/h1-10,13,22H,11-12,14H2,(H,21,23)/b5-1+,8-4+. The van der Waals surface area contributed by atoms with E-state index in [1.165, 1.54) is 28.3 Å². The van der Waals surface area contributed by atoms with Crippen molar-refractivity contribution in [1.29, 1.82) is 0 Å². The third-order valence-corrected chi connectivity index (χ3v) is 3.88. The number of benzene rings is 2. The smallest absolute Gasteiger partial charge is 0.244 e. The van der Waals surface area contributed by atoms with Crippen LogP contribution in [0.15, 0.2) is 60.7 Å². The fourth-order valence-electron chi connectivity index (χ4n) is 2.79. The molecule has 0 saturated heterocycles. The Hall–Kier alpha value is -2.65. The van der Waals surface area contributed by atoms with Crippen molar-refractivity contribution < 1.29 is 9.90 Å². The molecule has 116 valence electrons. The third-order valence-electron chi connectivity index (χ3n) is 3.88.